The molecule has 3 unspecified atom stereocenters. The van der Waals surface area contributed by atoms with Gasteiger partial charge in [0.15, 0.2) is 0 Å². The first-order valence-electron chi connectivity index (χ1n) is 7.72. The maximum atomic E-state index is 5.93. The number of nitrogens with one attached hydrogen (secondary N) is 1. The van der Waals surface area contributed by atoms with Crippen molar-refractivity contribution < 1.29 is 4.74 Å². The van der Waals surface area contributed by atoms with E-state index in [1.54, 1.807) is 0 Å². The van der Waals surface area contributed by atoms with Crippen LogP contribution >= 0.6 is 0 Å². The predicted octanol–water partition coefficient (Wildman–Crippen LogP) is 3.78. The van der Waals surface area contributed by atoms with Crippen LogP contribution < -0.4 is 10.1 Å². The molecule has 0 bridgehead atoms. The molecule has 0 saturated heterocycles. The summed E-state index contributed by atoms with van der Waals surface area (Å²) < 4.78 is 5.93. The number of benzene rings is 1. The molecule has 19 heavy (non-hydrogen) atoms. The molecule has 0 spiro atoms. The van der Waals surface area contributed by atoms with Gasteiger partial charge in [-0.05, 0) is 56.6 Å². The molecule has 2 heteroatoms. The van der Waals surface area contributed by atoms with Crippen LogP contribution in [0, 0.1) is 17.8 Å². The molecule has 2 saturated carbocycles. The van der Waals surface area contributed by atoms with Crippen LogP contribution in [0.5, 0.6) is 5.75 Å². The Bertz CT molecular complexity index is 421. The van der Waals surface area contributed by atoms with Gasteiger partial charge in [-0.1, -0.05) is 25.1 Å². The van der Waals surface area contributed by atoms with Crippen molar-refractivity contribution in [2.75, 3.05) is 13.7 Å². The van der Waals surface area contributed by atoms with Crippen LogP contribution in [0.4, 0.5) is 0 Å². The molecule has 1 aromatic rings. The minimum Gasteiger partial charge on any atom is -0.493 e. The molecule has 0 radical (unpaired) electrons. The Morgan fingerprint density at radius 2 is 1.95 bits per heavy atom. The topological polar surface area (TPSA) is 21.3 Å². The highest BCUT2D eigenvalue weighted by molar-refractivity contribution is 5.36. The number of hydrogen-bond acceptors (Lipinski definition) is 2. The summed E-state index contributed by atoms with van der Waals surface area (Å²) in [6.45, 7) is 2.96. The fraction of sp³-hybridized carbons (Fsp3) is 0.647. The molecule has 1 N–H and O–H groups in total. The number of hydrogen-bond donors (Lipinski definition) is 1. The molecule has 2 fully saturated rings. The van der Waals surface area contributed by atoms with Crippen LogP contribution in [0.15, 0.2) is 24.3 Å². The molecular formula is C17H25NO. The molecule has 2 aliphatic rings. The third-order valence-electron chi connectivity index (χ3n) is 4.78. The average Bonchev–Trinajstić information content (AvgIpc) is 3.05. The van der Waals surface area contributed by atoms with E-state index in [1.165, 1.54) is 24.8 Å². The van der Waals surface area contributed by atoms with Gasteiger partial charge in [0.2, 0.25) is 0 Å². The van der Waals surface area contributed by atoms with Gasteiger partial charge in [-0.15, -0.1) is 0 Å². The standard InChI is InChI=1S/C17H25NO/c1-3-8-19-16-7-5-4-6-15(16)17(18-2)14-10-12-9-13(12)11-14/h4-7,12-14,17-18H,3,8-11H2,1-2H3. The third-order valence-corrected chi connectivity index (χ3v) is 4.78. The molecule has 0 heterocycles. The zero-order chi connectivity index (χ0) is 13.2. The maximum Gasteiger partial charge on any atom is 0.124 e. The molecule has 104 valence electrons. The monoisotopic (exact) mass is 259 g/mol. The van der Waals surface area contributed by atoms with Crippen molar-refractivity contribution in [1.82, 2.24) is 5.32 Å². The molecule has 2 aliphatic carbocycles. The third kappa shape index (κ3) is 2.64. The molecule has 1 aromatic carbocycles. The van der Waals surface area contributed by atoms with Crippen molar-refractivity contribution >= 4 is 0 Å². The highest BCUT2D eigenvalue weighted by atomic mass is 16.5. The molecule has 2 nitrogen and oxygen atoms in total. The lowest BCUT2D eigenvalue weighted by atomic mass is 9.89. The Labute approximate surface area is 116 Å². The van der Waals surface area contributed by atoms with E-state index >= 15 is 0 Å². The van der Waals surface area contributed by atoms with Crippen LogP contribution in [0.3, 0.4) is 0 Å². The van der Waals surface area contributed by atoms with E-state index in [9.17, 15) is 0 Å². The lowest BCUT2D eigenvalue weighted by Gasteiger charge is -2.26. The first-order chi connectivity index (χ1) is 9.33. The van der Waals surface area contributed by atoms with E-state index in [0.717, 1.165) is 36.5 Å². The van der Waals surface area contributed by atoms with Crippen molar-refractivity contribution in [2.45, 2.75) is 38.6 Å². The van der Waals surface area contributed by atoms with Crippen molar-refractivity contribution in [3.63, 3.8) is 0 Å². The first kappa shape index (κ1) is 13.0. The fourth-order valence-electron chi connectivity index (χ4n) is 3.76. The molecule has 3 rings (SSSR count). The van der Waals surface area contributed by atoms with Crippen LogP contribution in [0.1, 0.15) is 44.2 Å². The largest absolute Gasteiger partial charge is 0.493 e. The van der Waals surface area contributed by atoms with Gasteiger partial charge in [0.25, 0.3) is 0 Å². The van der Waals surface area contributed by atoms with E-state index in [-0.39, 0.29) is 0 Å². The van der Waals surface area contributed by atoms with E-state index in [4.69, 9.17) is 4.74 Å². The molecule has 0 aliphatic heterocycles. The summed E-state index contributed by atoms with van der Waals surface area (Å²) in [6.07, 6.45) is 5.35. The average molecular weight is 259 g/mol. The molecule has 0 aromatic heterocycles. The summed E-state index contributed by atoms with van der Waals surface area (Å²) in [5, 5.41) is 3.54. The van der Waals surface area contributed by atoms with Gasteiger partial charge in [-0.2, -0.15) is 0 Å². The van der Waals surface area contributed by atoms with Gasteiger partial charge in [-0.3, -0.25) is 0 Å². The van der Waals surface area contributed by atoms with E-state index in [1.807, 2.05) is 0 Å². The SMILES string of the molecule is CCCOc1ccccc1C(NC)C1CC2CC2C1. The zero-order valence-electron chi connectivity index (χ0n) is 12.1. The second-order valence-corrected chi connectivity index (χ2v) is 6.14. The molecule has 3 atom stereocenters. The summed E-state index contributed by atoms with van der Waals surface area (Å²) >= 11 is 0. The first-order valence-corrected chi connectivity index (χ1v) is 7.72. The smallest absolute Gasteiger partial charge is 0.124 e. The summed E-state index contributed by atoms with van der Waals surface area (Å²) in [6, 6.07) is 9.02. The van der Waals surface area contributed by atoms with Gasteiger partial charge in [0.1, 0.15) is 5.75 Å². The van der Waals surface area contributed by atoms with E-state index in [2.05, 4.69) is 43.6 Å². The predicted molar refractivity (Wildman–Crippen MR) is 78.3 cm³/mol. The van der Waals surface area contributed by atoms with Crippen LogP contribution in [0.2, 0.25) is 0 Å². The van der Waals surface area contributed by atoms with Gasteiger partial charge < -0.3 is 10.1 Å². The van der Waals surface area contributed by atoms with E-state index in [0.29, 0.717) is 6.04 Å². The van der Waals surface area contributed by atoms with Crippen molar-refractivity contribution in [1.29, 1.82) is 0 Å². The lowest BCUT2D eigenvalue weighted by Crippen LogP contribution is -2.25. The van der Waals surface area contributed by atoms with Gasteiger partial charge in [-0.25, -0.2) is 0 Å². The van der Waals surface area contributed by atoms with Gasteiger partial charge in [0.05, 0.1) is 6.61 Å². The van der Waals surface area contributed by atoms with Gasteiger partial charge >= 0.3 is 0 Å². The number of para-hydroxylation sites is 1. The highest BCUT2D eigenvalue weighted by Crippen LogP contribution is 2.57. The van der Waals surface area contributed by atoms with E-state index < -0.39 is 0 Å². The summed E-state index contributed by atoms with van der Waals surface area (Å²) in [4.78, 5) is 0. The zero-order valence-corrected chi connectivity index (χ0v) is 12.1. The quantitative estimate of drug-likeness (QED) is 0.839. The Hall–Kier alpha value is -1.02. The second kappa shape index (κ2) is 5.54. The number of fused-ring (bicyclic) bond motifs is 1. The number of rotatable bonds is 6. The van der Waals surface area contributed by atoms with Crippen LogP contribution in [-0.2, 0) is 0 Å². The summed E-state index contributed by atoms with van der Waals surface area (Å²) in [7, 11) is 2.09. The van der Waals surface area contributed by atoms with Crippen LogP contribution in [-0.4, -0.2) is 13.7 Å². The maximum absolute atomic E-state index is 5.93. The van der Waals surface area contributed by atoms with Crippen molar-refractivity contribution in [3.05, 3.63) is 29.8 Å². The Balaban J connectivity index is 1.77. The van der Waals surface area contributed by atoms with Gasteiger partial charge in [0, 0.05) is 11.6 Å². The fourth-order valence-corrected chi connectivity index (χ4v) is 3.76. The van der Waals surface area contributed by atoms with Crippen molar-refractivity contribution in [2.24, 2.45) is 17.8 Å². The number of ether oxygens (including phenoxy) is 1. The lowest BCUT2D eigenvalue weighted by molar-refractivity contribution is 0.297. The Morgan fingerprint density at radius 1 is 1.21 bits per heavy atom. The van der Waals surface area contributed by atoms with Crippen LogP contribution in [0.25, 0.3) is 0 Å². The minimum absolute atomic E-state index is 0.459. The Kier molecular flexibility index (Phi) is 3.79. The minimum atomic E-state index is 0.459. The summed E-state index contributed by atoms with van der Waals surface area (Å²) in [5.41, 5.74) is 1.35. The second-order valence-electron chi connectivity index (χ2n) is 6.14. The molecular weight excluding hydrogens is 234 g/mol. The summed E-state index contributed by atoms with van der Waals surface area (Å²) in [5.74, 6) is 3.93. The highest BCUT2D eigenvalue weighted by Gasteiger charge is 2.48. The van der Waals surface area contributed by atoms with Crippen molar-refractivity contribution in [3.8, 4) is 5.75 Å². The normalized spacial score (nSPS) is 29.9. The Morgan fingerprint density at radius 3 is 2.63 bits per heavy atom. The molecule has 0 amide bonds.